The van der Waals surface area contributed by atoms with Gasteiger partial charge in [-0.15, -0.1) is 0 Å². The first-order valence-electron chi connectivity index (χ1n) is 8.74. The van der Waals surface area contributed by atoms with Crippen molar-refractivity contribution < 1.29 is 9.32 Å². The first kappa shape index (κ1) is 16.3. The molecule has 26 heavy (non-hydrogen) atoms. The van der Waals surface area contributed by atoms with Crippen LogP contribution in [0.2, 0.25) is 0 Å². The first-order valence-corrected chi connectivity index (χ1v) is 8.74. The summed E-state index contributed by atoms with van der Waals surface area (Å²) in [5.74, 6) is -0.285. The minimum absolute atomic E-state index is 0.0525. The highest BCUT2D eigenvalue weighted by molar-refractivity contribution is 5.92. The van der Waals surface area contributed by atoms with E-state index in [4.69, 9.17) is 0 Å². The van der Waals surface area contributed by atoms with Crippen molar-refractivity contribution in [3.05, 3.63) is 69.7 Å². The second kappa shape index (κ2) is 7.00. The monoisotopic (exact) mass is 349 g/mol. The van der Waals surface area contributed by atoms with Crippen molar-refractivity contribution in [1.82, 2.24) is 10.1 Å². The van der Waals surface area contributed by atoms with Gasteiger partial charge in [0, 0.05) is 11.3 Å². The SMILES string of the molecule is O=C(Cc1ccc2c(c1)CCCC2)Nc1ccc(-c2noc(=O)[nH]2)cc1. The van der Waals surface area contributed by atoms with Gasteiger partial charge in [0.15, 0.2) is 5.82 Å². The highest BCUT2D eigenvalue weighted by atomic mass is 16.5. The lowest BCUT2D eigenvalue weighted by Crippen LogP contribution is -2.15. The van der Waals surface area contributed by atoms with Crippen LogP contribution < -0.4 is 11.1 Å². The van der Waals surface area contributed by atoms with Crippen molar-refractivity contribution >= 4 is 11.6 Å². The molecule has 1 aliphatic carbocycles. The summed E-state index contributed by atoms with van der Waals surface area (Å²) < 4.78 is 4.49. The standard InChI is InChI=1S/C20H19N3O3/c24-18(12-13-5-6-14-3-1-2-4-16(14)11-13)21-17-9-7-15(8-10-17)19-22-20(25)26-23-19/h5-11H,1-4,12H2,(H,21,24)(H,22,23,25). The Morgan fingerprint density at radius 3 is 2.58 bits per heavy atom. The predicted octanol–water partition coefficient (Wildman–Crippen LogP) is 3.09. The predicted molar refractivity (Wildman–Crippen MR) is 98.0 cm³/mol. The molecule has 6 heteroatoms. The van der Waals surface area contributed by atoms with Crippen LogP contribution in [0.25, 0.3) is 11.4 Å². The number of rotatable bonds is 4. The third kappa shape index (κ3) is 3.59. The maximum Gasteiger partial charge on any atom is 0.439 e. The van der Waals surface area contributed by atoms with Crippen molar-refractivity contribution in [2.24, 2.45) is 0 Å². The molecule has 0 unspecified atom stereocenters. The second-order valence-electron chi connectivity index (χ2n) is 6.56. The van der Waals surface area contributed by atoms with E-state index in [1.807, 2.05) is 6.07 Å². The Morgan fingerprint density at radius 2 is 1.85 bits per heavy atom. The van der Waals surface area contributed by atoms with Crippen LogP contribution in [0.5, 0.6) is 0 Å². The minimum Gasteiger partial charge on any atom is -0.326 e. The van der Waals surface area contributed by atoms with Crippen molar-refractivity contribution in [3.8, 4) is 11.4 Å². The molecule has 2 aromatic carbocycles. The molecule has 0 bridgehead atoms. The average Bonchev–Trinajstić information content (AvgIpc) is 3.08. The molecule has 0 aliphatic heterocycles. The van der Waals surface area contributed by atoms with Gasteiger partial charge in [-0.1, -0.05) is 23.4 Å². The van der Waals surface area contributed by atoms with Crippen LogP contribution in [0.3, 0.4) is 0 Å². The molecule has 1 heterocycles. The Morgan fingerprint density at radius 1 is 1.08 bits per heavy atom. The lowest BCUT2D eigenvalue weighted by Gasteiger charge is -2.16. The third-order valence-electron chi connectivity index (χ3n) is 4.66. The summed E-state index contributed by atoms with van der Waals surface area (Å²) in [7, 11) is 0. The number of benzene rings is 2. The number of hydrogen-bond acceptors (Lipinski definition) is 4. The van der Waals surface area contributed by atoms with Gasteiger partial charge in [0.05, 0.1) is 6.42 Å². The van der Waals surface area contributed by atoms with Crippen LogP contribution in [0.1, 0.15) is 29.5 Å². The zero-order chi connectivity index (χ0) is 17.9. The Hall–Kier alpha value is -3.15. The number of hydrogen-bond donors (Lipinski definition) is 2. The van der Waals surface area contributed by atoms with E-state index >= 15 is 0 Å². The Balaban J connectivity index is 1.41. The molecule has 1 aromatic heterocycles. The zero-order valence-electron chi connectivity index (χ0n) is 14.2. The minimum atomic E-state index is -0.595. The number of amides is 1. The number of H-pyrrole nitrogens is 1. The van der Waals surface area contributed by atoms with E-state index in [-0.39, 0.29) is 5.91 Å². The van der Waals surface area contributed by atoms with Crippen LogP contribution in [-0.4, -0.2) is 16.0 Å². The Labute approximate surface area is 150 Å². The van der Waals surface area contributed by atoms with Crippen molar-refractivity contribution in [2.45, 2.75) is 32.1 Å². The summed E-state index contributed by atoms with van der Waals surface area (Å²) in [6.45, 7) is 0. The molecule has 6 nitrogen and oxygen atoms in total. The quantitative estimate of drug-likeness (QED) is 0.758. The number of carbonyl (C=O) groups excluding carboxylic acids is 1. The van der Waals surface area contributed by atoms with E-state index in [2.05, 4.69) is 32.1 Å². The van der Waals surface area contributed by atoms with Gasteiger partial charge in [0.2, 0.25) is 5.91 Å². The summed E-state index contributed by atoms with van der Waals surface area (Å²) in [5, 5.41) is 6.54. The van der Waals surface area contributed by atoms with Crippen molar-refractivity contribution in [3.63, 3.8) is 0 Å². The van der Waals surface area contributed by atoms with Crippen LogP contribution >= 0.6 is 0 Å². The number of nitrogens with one attached hydrogen (secondary N) is 2. The van der Waals surface area contributed by atoms with Crippen LogP contribution in [-0.2, 0) is 24.1 Å². The molecule has 3 aromatic rings. The number of nitrogens with zero attached hydrogens (tertiary/aromatic N) is 1. The van der Waals surface area contributed by atoms with Gasteiger partial charge in [-0.3, -0.25) is 14.3 Å². The Kier molecular flexibility index (Phi) is 4.39. The first-order chi connectivity index (χ1) is 12.7. The molecule has 1 amide bonds. The highest BCUT2D eigenvalue weighted by Gasteiger charge is 2.11. The number of carbonyl (C=O) groups is 1. The molecule has 1 aliphatic rings. The molecule has 4 rings (SSSR count). The van der Waals surface area contributed by atoms with E-state index < -0.39 is 5.76 Å². The normalized spacial score (nSPS) is 13.2. The number of fused-ring (bicyclic) bond motifs is 1. The van der Waals surface area contributed by atoms with Gasteiger partial charge in [-0.25, -0.2) is 4.79 Å². The van der Waals surface area contributed by atoms with E-state index in [1.165, 1.54) is 24.0 Å². The van der Waals surface area contributed by atoms with E-state index in [1.54, 1.807) is 24.3 Å². The number of anilines is 1. The largest absolute Gasteiger partial charge is 0.439 e. The van der Waals surface area contributed by atoms with E-state index in [9.17, 15) is 9.59 Å². The molecule has 0 fully saturated rings. The maximum atomic E-state index is 12.3. The maximum absolute atomic E-state index is 12.3. The number of aromatic amines is 1. The topological polar surface area (TPSA) is 88.0 Å². The molecule has 132 valence electrons. The van der Waals surface area contributed by atoms with E-state index in [0.717, 1.165) is 18.4 Å². The molecular formula is C20H19N3O3. The summed E-state index contributed by atoms with van der Waals surface area (Å²) in [4.78, 5) is 25.8. The van der Waals surface area contributed by atoms with Crippen LogP contribution in [0.15, 0.2) is 51.8 Å². The van der Waals surface area contributed by atoms with Crippen molar-refractivity contribution in [1.29, 1.82) is 0 Å². The third-order valence-corrected chi connectivity index (χ3v) is 4.66. The average molecular weight is 349 g/mol. The summed E-state index contributed by atoms with van der Waals surface area (Å²) >= 11 is 0. The van der Waals surface area contributed by atoms with Gasteiger partial charge in [-0.05, 0) is 66.6 Å². The fraction of sp³-hybridized carbons (Fsp3) is 0.250. The Bertz CT molecular complexity index is 986. The molecule has 0 saturated carbocycles. The molecular weight excluding hydrogens is 330 g/mol. The fourth-order valence-corrected chi connectivity index (χ4v) is 3.35. The summed E-state index contributed by atoms with van der Waals surface area (Å²) in [6, 6.07) is 13.4. The molecule has 0 atom stereocenters. The molecule has 2 N–H and O–H groups in total. The fourth-order valence-electron chi connectivity index (χ4n) is 3.35. The van der Waals surface area contributed by atoms with Gasteiger partial charge < -0.3 is 5.32 Å². The molecule has 0 saturated heterocycles. The lowest BCUT2D eigenvalue weighted by molar-refractivity contribution is -0.115. The van der Waals surface area contributed by atoms with Gasteiger partial charge in [-0.2, -0.15) is 0 Å². The van der Waals surface area contributed by atoms with Crippen molar-refractivity contribution in [2.75, 3.05) is 5.32 Å². The van der Waals surface area contributed by atoms with Gasteiger partial charge >= 0.3 is 5.76 Å². The van der Waals surface area contributed by atoms with Gasteiger partial charge in [0.1, 0.15) is 0 Å². The zero-order valence-corrected chi connectivity index (χ0v) is 14.2. The van der Waals surface area contributed by atoms with Crippen LogP contribution in [0, 0.1) is 0 Å². The van der Waals surface area contributed by atoms with E-state index in [0.29, 0.717) is 23.5 Å². The molecule has 0 spiro atoms. The smallest absolute Gasteiger partial charge is 0.326 e. The number of aryl methyl sites for hydroxylation is 2. The summed E-state index contributed by atoms with van der Waals surface area (Å²) in [5.41, 5.74) is 5.25. The van der Waals surface area contributed by atoms with Crippen LogP contribution in [0.4, 0.5) is 5.69 Å². The molecule has 0 radical (unpaired) electrons. The lowest BCUT2D eigenvalue weighted by atomic mass is 9.90. The van der Waals surface area contributed by atoms with Gasteiger partial charge in [0.25, 0.3) is 0 Å². The number of aromatic nitrogens is 2. The second-order valence-corrected chi connectivity index (χ2v) is 6.56. The summed E-state index contributed by atoms with van der Waals surface area (Å²) in [6.07, 6.45) is 5.09. The highest BCUT2D eigenvalue weighted by Crippen LogP contribution is 2.23.